The summed E-state index contributed by atoms with van der Waals surface area (Å²) in [6.07, 6.45) is -1.98. The van der Waals surface area contributed by atoms with E-state index in [0.29, 0.717) is 23.9 Å². The van der Waals surface area contributed by atoms with Crippen molar-refractivity contribution >= 4 is 11.7 Å². The van der Waals surface area contributed by atoms with E-state index in [0.717, 1.165) is 46.9 Å². The maximum absolute atomic E-state index is 11.0. The van der Waals surface area contributed by atoms with Crippen LogP contribution in [0.15, 0.2) is 28.8 Å². The zero-order chi connectivity index (χ0) is 26.4. The van der Waals surface area contributed by atoms with Gasteiger partial charge in [0.1, 0.15) is 24.3 Å². The minimum Gasteiger partial charge on any atom is -0.490 e. The molecule has 0 bridgehead atoms. The van der Waals surface area contributed by atoms with Gasteiger partial charge >= 0.3 is 0 Å². The van der Waals surface area contributed by atoms with Crippen LogP contribution in [-0.2, 0) is 11.2 Å². The highest BCUT2D eigenvalue weighted by Crippen LogP contribution is 2.32. The van der Waals surface area contributed by atoms with Crippen molar-refractivity contribution in [2.24, 2.45) is 5.73 Å². The number of pyridine rings is 1. The van der Waals surface area contributed by atoms with E-state index in [-0.39, 0.29) is 13.0 Å². The van der Waals surface area contributed by atoms with Gasteiger partial charge in [0.15, 0.2) is 0 Å². The van der Waals surface area contributed by atoms with Gasteiger partial charge in [0.25, 0.3) is 5.89 Å². The third-order valence-electron chi connectivity index (χ3n) is 5.93. The number of benzene rings is 1. The summed E-state index contributed by atoms with van der Waals surface area (Å²) < 4.78 is 11.5. The van der Waals surface area contributed by atoms with Crippen molar-refractivity contribution in [1.82, 2.24) is 15.1 Å². The van der Waals surface area contributed by atoms with Crippen LogP contribution in [0.1, 0.15) is 44.0 Å². The largest absolute Gasteiger partial charge is 0.490 e. The number of nitrogens with two attached hydrogens (primary N) is 1. The molecule has 4 N–H and O–H groups in total. The van der Waals surface area contributed by atoms with Crippen LogP contribution in [0.3, 0.4) is 0 Å². The Hall–Kier alpha value is -3.50. The first-order valence-electron chi connectivity index (χ1n) is 12.2. The Labute approximate surface area is 211 Å². The van der Waals surface area contributed by atoms with Crippen molar-refractivity contribution in [3.63, 3.8) is 0 Å². The van der Waals surface area contributed by atoms with Gasteiger partial charge in [-0.25, -0.2) is 4.98 Å². The maximum atomic E-state index is 11.0. The average molecular weight is 498 g/mol. The normalized spacial score (nSPS) is 12.9. The van der Waals surface area contributed by atoms with Crippen LogP contribution >= 0.6 is 0 Å². The molecule has 0 spiro atoms. The third kappa shape index (κ3) is 6.38. The number of ether oxygens (including phenoxy) is 1. The van der Waals surface area contributed by atoms with Crippen molar-refractivity contribution in [2.75, 3.05) is 24.6 Å². The predicted molar refractivity (Wildman–Crippen MR) is 137 cm³/mol. The standard InChI is InChI=1S/C26H35N5O5/c1-6-17-11-18(9-15(4)23(17)35-14-20(32)13-21(33)24(27)34)25-29-26(36-30-25)19-10-16(5)28-22(12-19)31(7-2)8-3/h9-12,20-21,32-33H,6-8,13-14H2,1-5H3,(H2,27,34)/t20-,21?/m0/s1. The summed E-state index contributed by atoms with van der Waals surface area (Å²) in [6.45, 7) is 11.6. The van der Waals surface area contributed by atoms with E-state index in [1.807, 2.05) is 45.0 Å². The molecule has 2 aromatic heterocycles. The van der Waals surface area contributed by atoms with Gasteiger partial charge in [-0.1, -0.05) is 12.1 Å². The number of carbonyl (C=O) groups is 1. The number of aromatic nitrogens is 3. The molecule has 2 atom stereocenters. The highest BCUT2D eigenvalue weighted by atomic mass is 16.5. The molecule has 0 aliphatic carbocycles. The van der Waals surface area contributed by atoms with E-state index in [9.17, 15) is 15.0 Å². The van der Waals surface area contributed by atoms with Crippen molar-refractivity contribution in [3.8, 4) is 28.6 Å². The van der Waals surface area contributed by atoms with Gasteiger partial charge in [0, 0.05) is 36.3 Å². The number of carbonyl (C=O) groups excluding carboxylic acids is 1. The molecule has 10 heteroatoms. The number of hydrogen-bond acceptors (Lipinski definition) is 9. The van der Waals surface area contributed by atoms with Crippen molar-refractivity contribution in [1.29, 1.82) is 0 Å². The SMILES string of the molecule is CCc1cc(-c2noc(-c3cc(C)nc(N(CC)CC)c3)n2)cc(C)c1OC[C@@H](O)CC(O)C(N)=O. The lowest BCUT2D eigenvalue weighted by molar-refractivity contribution is -0.127. The lowest BCUT2D eigenvalue weighted by Crippen LogP contribution is -2.33. The Morgan fingerprint density at radius 3 is 2.44 bits per heavy atom. The molecular weight excluding hydrogens is 462 g/mol. The Balaban J connectivity index is 1.83. The summed E-state index contributed by atoms with van der Waals surface area (Å²) in [5.41, 5.74) is 9.24. The van der Waals surface area contributed by atoms with E-state index in [1.165, 1.54) is 0 Å². The van der Waals surface area contributed by atoms with E-state index in [2.05, 4.69) is 33.9 Å². The fourth-order valence-corrected chi connectivity index (χ4v) is 4.01. The topological polar surface area (TPSA) is 148 Å². The molecule has 3 rings (SSSR count). The zero-order valence-corrected chi connectivity index (χ0v) is 21.5. The number of amides is 1. The second kappa shape index (κ2) is 12.0. The molecule has 0 saturated heterocycles. The number of aliphatic hydroxyl groups excluding tert-OH is 2. The first-order chi connectivity index (χ1) is 17.2. The Morgan fingerprint density at radius 1 is 1.08 bits per heavy atom. The molecule has 2 heterocycles. The van der Waals surface area contributed by atoms with Crippen LogP contribution in [0.25, 0.3) is 22.8 Å². The fraction of sp³-hybridized carbons (Fsp3) is 0.462. The Bertz CT molecular complexity index is 1190. The molecule has 10 nitrogen and oxygen atoms in total. The van der Waals surface area contributed by atoms with Gasteiger partial charge in [-0.3, -0.25) is 4.79 Å². The van der Waals surface area contributed by atoms with E-state index < -0.39 is 18.1 Å². The van der Waals surface area contributed by atoms with Crippen LogP contribution in [0.4, 0.5) is 5.82 Å². The van der Waals surface area contributed by atoms with E-state index in [4.69, 9.17) is 15.0 Å². The van der Waals surface area contributed by atoms with Crippen LogP contribution in [0.2, 0.25) is 0 Å². The van der Waals surface area contributed by atoms with Gasteiger partial charge in [0.05, 0.1) is 6.10 Å². The van der Waals surface area contributed by atoms with Gasteiger partial charge in [0.2, 0.25) is 11.7 Å². The molecule has 0 aliphatic heterocycles. The van der Waals surface area contributed by atoms with Gasteiger partial charge < -0.3 is 30.1 Å². The number of aliphatic hydroxyl groups is 2. The Kier molecular flexibility index (Phi) is 9.00. The van der Waals surface area contributed by atoms with E-state index >= 15 is 0 Å². The predicted octanol–water partition coefficient (Wildman–Crippen LogP) is 2.80. The first kappa shape index (κ1) is 27.1. The van der Waals surface area contributed by atoms with Crippen LogP contribution < -0.4 is 15.4 Å². The first-order valence-corrected chi connectivity index (χ1v) is 12.2. The van der Waals surface area contributed by atoms with Crippen molar-refractivity contribution in [3.05, 3.63) is 41.1 Å². The fourth-order valence-electron chi connectivity index (χ4n) is 4.01. The van der Waals surface area contributed by atoms with Gasteiger partial charge in [-0.15, -0.1) is 0 Å². The zero-order valence-electron chi connectivity index (χ0n) is 21.5. The lowest BCUT2D eigenvalue weighted by atomic mass is 10.0. The molecule has 0 saturated carbocycles. The number of aryl methyl sites for hydroxylation is 3. The van der Waals surface area contributed by atoms with Crippen molar-refractivity contribution in [2.45, 2.75) is 59.7 Å². The number of anilines is 1. The highest BCUT2D eigenvalue weighted by Gasteiger charge is 2.20. The molecule has 1 amide bonds. The molecule has 0 radical (unpaired) electrons. The van der Waals surface area contributed by atoms with Gasteiger partial charge in [-0.2, -0.15) is 4.98 Å². The maximum Gasteiger partial charge on any atom is 0.258 e. The number of nitrogens with zero attached hydrogens (tertiary/aromatic N) is 4. The minimum absolute atomic E-state index is 0.0832. The molecule has 36 heavy (non-hydrogen) atoms. The van der Waals surface area contributed by atoms with Crippen LogP contribution in [0, 0.1) is 13.8 Å². The minimum atomic E-state index is -1.42. The summed E-state index contributed by atoms with van der Waals surface area (Å²) in [5, 5.41) is 23.9. The molecular formula is C26H35N5O5. The van der Waals surface area contributed by atoms with Crippen molar-refractivity contribution < 1.29 is 24.3 Å². The second-order valence-electron chi connectivity index (χ2n) is 8.70. The summed E-state index contributed by atoms with van der Waals surface area (Å²) in [4.78, 5) is 22.4. The van der Waals surface area contributed by atoms with Gasteiger partial charge in [-0.05, 0) is 69.5 Å². The monoisotopic (exact) mass is 497 g/mol. The molecule has 1 aromatic carbocycles. The smallest absolute Gasteiger partial charge is 0.258 e. The summed E-state index contributed by atoms with van der Waals surface area (Å²) >= 11 is 0. The summed E-state index contributed by atoms with van der Waals surface area (Å²) in [5.74, 6) is 1.49. The van der Waals surface area contributed by atoms with Crippen LogP contribution in [0.5, 0.6) is 5.75 Å². The molecule has 194 valence electrons. The third-order valence-corrected chi connectivity index (χ3v) is 5.93. The molecule has 3 aromatic rings. The lowest BCUT2D eigenvalue weighted by Gasteiger charge is -2.20. The molecule has 0 fully saturated rings. The number of hydrogen-bond donors (Lipinski definition) is 3. The average Bonchev–Trinajstić information content (AvgIpc) is 3.33. The molecule has 1 unspecified atom stereocenters. The Morgan fingerprint density at radius 2 is 1.81 bits per heavy atom. The highest BCUT2D eigenvalue weighted by molar-refractivity contribution is 5.78. The second-order valence-corrected chi connectivity index (χ2v) is 8.70. The quantitative estimate of drug-likeness (QED) is 0.343. The van der Waals surface area contributed by atoms with E-state index in [1.54, 1.807) is 0 Å². The number of rotatable bonds is 12. The van der Waals surface area contributed by atoms with Crippen LogP contribution in [-0.4, -0.2) is 63.1 Å². The summed E-state index contributed by atoms with van der Waals surface area (Å²) in [7, 11) is 0. The summed E-state index contributed by atoms with van der Waals surface area (Å²) in [6, 6.07) is 7.70. The number of primary amides is 1. The molecule has 0 aliphatic rings.